The van der Waals surface area contributed by atoms with Crippen molar-refractivity contribution >= 4 is 17.8 Å². The quantitative estimate of drug-likeness (QED) is 0.752. The molecule has 0 saturated carbocycles. The Bertz CT molecular complexity index is 907. The van der Waals surface area contributed by atoms with Gasteiger partial charge in [0.25, 0.3) is 5.91 Å². The summed E-state index contributed by atoms with van der Waals surface area (Å²) in [6, 6.07) is 6.74. The first-order valence-electron chi connectivity index (χ1n) is 9.01. The topological polar surface area (TPSA) is 109 Å². The maximum Gasteiger partial charge on any atom is 0.325 e. The van der Waals surface area contributed by atoms with Gasteiger partial charge >= 0.3 is 6.03 Å². The van der Waals surface area contributed by atoms with Gasteiger partial charge in [0.2, 0.25) is 11.8 Å². The number of carbonyl (C=O) groups excluding carboxylic acids is 3. The molecule has 9 heteroatoms. The van der Waals surface area contributed by atoms with E-state index >= 15 is 0 Å². The number of aryl methyl sites for hydroxylation is 2. The van der Waals surface area contributed by atoms with Crippen LogP contribution in [0.1, 0.15) is 36.7 Å². The summed E-state index contributed by atoms with van der Waals surface area (Å²) in [5.41, 5.74) is 0.509. The van der Waals surface area contributed by atoms with E-state index in [4.69, 9.17) is 4.52 Å². The fourth-order valence-electron chi connectivity index (χ4n) is 2.97. The normalized spacial score (nSPS) is 19.1. The van der Waals surface area contributed by atoms with E-state index in [1.807, 2.05) is 26.0 Å². The molecule has 1 saturated heterocycles. The lowest BCUT2D eigenvalue weighted by Gasteiger charge is -2.23. The molecule has 1 aliphatic heterocycles. The summed E-state index contributed by atoms with van der Waals surface area (Å²) in [7, 11) is 1.55. The van der Waals surface area contributed by atoms with Crippen LogP contribution >= 0.6 is 0 Å². The van der Waals surface area contributed by atoms with Gasteiger partial charge < -0.3 is 14.7 Å². The van der Waals surface area contributed by atoms with Gasteiger partial charge in [-0.2, -0.15) is 4.98 Å². The molecule has 0 aliphatic carbocycles. The minimum Gasteiger partial charge on any atom is -0.337 e. The van der Waals surface area contributed by atoms with E-state index in [9.17, 15) is 14.4 Å². The van der Waals surface area contributed by atoms with Gasteiger partial charge in [-0.05, 0) is 19.4 Å². The first-order valence-corrected chi connectivity index (χ1v) is 9.01. The van der Waals surface area contributed by atoms with Crippen LogP contribution in [0.4, 0.5) is 4.79 Å². The molecule has 0 bridgehead atoms. The highest BCUT2D eigenvalue weighted by Gasteiger charge is 2.49. The van der Waals surface area contributed by atoms with E-state index in [1.54, 1.807) is 26.1 Å². The van der Waals surface area contributed by atoms with E-state index in [-0.39, 0.29) is 13.1 Å². The average molecular weight is 385 g/mol. The van der Waals surface area contributed by atoms with E-state index < -0.39 is 23.4 Å². The predicted octanol–water partition coefficient (Wildman–Crippen LogP) is 1.37. The number of nitrogens with one attached hydrogen (secondary N) is 1. The molecule has 3 rings (SSSR count). The molecule has 4 amide bonds. The van der Waals surface area contributed by atoms with Crippen LogP contribution in [-0.2, 0) is 28.1 Å². The summed E-state index contributed by atoms with van der Waals surface area (Å²) in [5, 5.41) is 6.48. The summed E-state index contributed by atoms with van der Waals surface area (Å²) in [4.78, 5) is 44.2. The number of carbonyl (C=O) groups is 3. The van der Waals surface area contributed by atoms with Crippen molar-refractivity contribution in [2.24, 2.45) is 0 Å². The zero-order valence-electron chi connectivity index (χ0n) is 16.4. The van der Waals surface area contributed by atoms with Crippen LogP contribution in [0.3, 0.4) is 0 Å². The lowest BCUT2D eigenvalue weighted by atomic mass is 9.91. The molecule has 1 aromatic heterocycles. The first kappa shape index (κ1) is 19.5. The van der Waals surface area contributed by atoms with Gasteiger partial charge in [-0.15, -0.1) is 0 Å². The van der Waals surface area contributed by atoms with Crippen molar-refractivity contribution in [1.82, 2.24) is 25.3 Å². The van der Waals surface area contributed by atoms with Gasteiger partial charge in [0.05, 0.1) is 6.54 Å². The van der Waals surface area contributed by atoms with Gasteiger partial charge in [0.15, 0.2) is 5.82 Å². The highest BCUT2D eigenvalue weighted by Crippen LogP contribution is 2.29. The number of amides is 4. The molecule has 1 atom stereocenters. The third-order valence-electron chi connectivity index (χ3n) is 4.82. The van der Waals surface area contributed by atoms with Crippen molar-refractivity contribution < 1.29 is 18.9 Å². The molecule has 2 aromatic rings. The number of hydrogen-bond donors (Lipinski definition) is 1. The lowest BCUT2D eigenvalue weighted by Crippen LogP contribution is -2.43. The number of imide groups is 1. The fraction of sp³-hybridized carbons (Fsp3) is 0.421. The lowest BCUT2D eigenvalue weighted by molar-refractivity contribution is -0.138. The minimum absolute atomic E-state index is 0.102. The number of urea groups is 1. The second-order valence-electron chi connectivity index (χ2n) is 7.02. The molecule has 0 spiro atoms. The molecular weight excluding hydrogens is 362 g/mol. The van der Waals surface area contributed by atoms with Gasteiger partial charge in [-0.25, -0.2) is 4.79 Å². The Hall–Kier alpha value is -3.23. The largest absolute Gasteiger partial charge is 0.337 e. The van der Waals surface area contributed by atoms with Crippen LogP contribution in [0.2, 0.25) is 0 Å². The van der Waals surface area contributed by atoms with E-state index in [2.05, 4.69) is 15.5 Å². The van der Waals surface area contributed by atoms with Crippen LogP contribution < -0.4 is 5.32 Å². The molecule has 9 nitrogen and oxygen atoms in total. The molecule has 2 heterocycles. The average Bonchev–Trinajstić information content (AvgIpc) is 3.20. The Morgan fingerprint density at radius 1 is 1.29 bits per heavy atom. The second kappa shape index (κ2) is 7.41. The van der Waals surface area contributed by atoms with E-state index in [1.165, 1.54) is 4.90 Å². The molecule has 1 unspecified atom stereocenters. The van der Waals surface area contributed by atoms with Gasteiger partial charge in [-0.3, -0.25) is 14.5 Å². The molecule has 1 aromatic carbocycles. The third-order valence-corrected chi connectivity index (χ3v) is 4.82. The maximum atomic E-state index is 12.9. The smallest absolute Gasteiger partial charge is 0.325 e. The van der Waals surface area contributed by atoms with E-state index in [0.717, 1.165) is 10.5 Å². The van der Waals surface area contributed by atoms with Crippen LogP contribution in [0, 0.1) is 6.92 Å². The van der Waals surface area contributed by atoms with Gasteiger partial charge in [-0.1, -0.05) is 41.9 Å². The van der Waals surface area contributed by atoms with Gasteiger partial charge in [0.1, 0.15) is 12.1 Å². The summed E-state index contributed by atoms with van der Waals surface area (Å²) in [6.45, 7) is 5.21. The monoisotopic (exact) mass is 385 g/mol. The number of benzene rings is 1. The summed E-state index contributed by atoms with van der Waals surface area (Å²) in [6.07, 6.45) is 0.626. The van der Waals surface area contributed by atoms with Crippen molar-refractivity contribution in [3.05, 3.63) is 47.1 Å². The number of nitrogens with zero attached hydrogens (tertiary/aromatic N) is 4. The third kappa shape index (κ3) is 3.60. The van der Waals surface area contributed by atoms with Crippen molar-refractivity contribution in [3.63, 3.8) is 0 Å². The predicted molar refractivity (Wildman–Crippen MR) is 98.9 cm³/mol. The zero-order chi connectivity index (χ0) is 20.5. The highest BCUT2D eigenvalue weighted by atomic mass is 16.5. The molecule has 1 fully saturated rings. The van der Waals surface area contributed by atoms with Crippen molar-refractivity contribution in [3.8, 4) is 0 Å². The van der Waals surface area contributed by atoms with Crippen LogP contribution in [-0.4, -0.2) is 51.4 Å². The van der Waals surface area contributed by atoms with E-state index in [0.29, 0.717) is 23.7 Å². The number of hydrogen-bond acceptors (Lipinski definition) is 6. The van der Waals surface area contributed by atoms with Crippen molar-refractivity contribution in [2.75, 3.05) is 13.6 Å². The zero-order valence-corrected chi connectivity index (χ0v) is 16.4. The van der Waals surface area contributed by atoms with Crippen LogP contribution in [0.15, 0.2) is 28.8 Å². The Balaban J connectivity index is 1.69. The van der Waals surface area contributed by atoms with Crippen molar-refractivity contribution in [2.45, 2.75) is 39.3 Å². The summed E-state index contributed by atoms with van der Waals surface area (Å²) >= 11 is 0. The molecule has 0 radical (unpaired) electrons. The molecule has 1 aliphatic rings. The number of rotatable bonds is 6. The summed E-state index contributed by atoms with van der Waals surface area (Å²) in [5.74, 6) is -0.0183. The Morgan fingerprint density at radius 2 is 1.96 bits per heavy atom. The summed E-state index contributed by atoms with van der Waals surface area (Å²) < 4.78 is 5.07. The molecule has 148 valence electrons. The second-order valence-corrected chi connectivity index (χ2v) is 7.02. The molecule has 28 heavy (non-hydrogen) atoms. The Labute approximate surface area is 162 Å². The first-order chi connectivity index (χ1) is 13.2. The highest BCUT2D eigenvalue weighted by molar-refractivity contribution is 6.09. The standard InChI is InChI=1S/C19H23N5O4/c1-5-14-20-15(28-22-14)10-23(4)16(25)11-24-17(26)19(3,21-18(24)27)13-8-6-12(2)7-9-13/h6-9H,5,10-11H2,1-4H3,(H,21,27). The van der Waals surface area contributed by atoms with Gasteiger partial charge in [0, 0.05) is 13.5 Å². The Morgan fingerprint density at radius 3 is 2.57 bits per heavy atom. The van der Waals surface area contributed by atoms with Crippen molar-refractivity contribution in [1.29, 1.82) is 0 Å². The number of aromatic nitrogens is 2. The minimum atomic E-state index is -1.20. The maximum absolute atomic E-state index is 12.9. The molecule has 1 N–H and O–H groups in total. The van der Waals surface area contributed by atoms with Crippen LogP contribution in [0.25, 0.3) is 0 Å². The SMILES string of the molecule is CCc1noc(CN(C)C(=O)CN2C(=O)NC(C)(c3ccc(C)cc3)C2=O)n1. The Kier molecular flexibility index (Phi) is 5.17. The van der Waals surface area contributed by atoms with Crippen LogP contribution in [0.5, 0.6) is 0 Å². The fourth-order valence-corrected chi connectivity index (χ4v) is 2.97. The number of likely N-dealkylation sites (N-methyl/N-ethyl adjacent to an activating group) is 1. The molecular formula is C19H23N5O4.